The first kappa shape index (κ1) is 17.7. The lowest BCUT2D eigenvalue weighted by molar-refractivity contribution is 0.0521. The van der Waals surface area contributed by atoms with E-state index in [1.54, 1.807) is 0 Å². The van der Waals surface area contributed by atoms with Gasteiger partial charge < -0.3 is 10.1 Å². The van der Waals surface area contributed by atoms with Gasteiger partial charge in [-0.3, -0.25) is 4.90 Å². The molecule has 1 amide bonds. The minimum atomic E-state index is -0.460. The van der Waals surface area contributed by atoms with Crippen molar-refractivity contribution in [2.45, 2.75) is 59.1 Å². The highest BCUT2D eigenvalue weighted by Gasteiger charge is 2.20. The number of amides is 1. The summed E-state index contributed by atoms with van der Waals surface area (Å²) in [4.78, 5) is 23.1. The Kier molecular flexibility index (Phi) is 5.57. The minimum absolute atomic E-state index is 0.338. The van der Waals surface area contributed by atoms with E-state index in [0.717, 1.165) is 37.6 Å². The number of hydrogen-bond donors (Lipinski definition) is 1. The molecule has 0 aromatic carbocycles. The summed E-state index contributed by atoms with van der Waals surface area (Å²) in [5, 5.41) is 2.80. The second-order valence-electron chi connectivity index (χ2n) is 7.31. The average molecular weight is 320 g/mol. The van der Waals surface area contributed by atoms with Crippen molar-refractivity contribution in [2.24, 2.45) is 0 Å². The molecule has 0 saturated heterocycles. The lowest BCUT2D eigenvalue weighted by atomic mass is 10.1. The Labute approximate surface area is 138 Å². The first-order chi connectivity index (χ1) is 10.7. The Morgan fingerprint density at radius 1 is 1.43 bits per heavy atom. The van der Waals surface area contributed by atoms with Gasteiger partial charge in [0.05, 0.1) is 5.69 Å². The summed E-state index contributed by atoms with van der Waals surface area (Å²) in [6.07, 6.45) is 2.56. The molecule has 0 fully saturated rings. The lowest BCUT2D eigenvalue weighted by Crippen LogP contribution is -2.40. The predicted molar refractivity (Wildman–Crippen MR) is 89.3 cm³/mol. The van der Waals surface area contributed by atoms with Gasteiger partial charge in [0.15, 0.2) is 0 Å². The van der Waals surface area contributed by atoms with Gasteiger partial charge in [-0.1, -0.05) is 13.8 Å². The molecule has 0 aliphatic carbocycles. The molecule has 1 aromatic rings. The van der Waals surface area contributed by atoms with Crippen LogP contribution in [0.3, 0.4) is 0 Å². The third-order valence-corrected chi connectivity index (χ3v) is 3.66. The summed E-state index contributed by atoms with van der Waals surface area (Å²) >= 11 is 0. The fourth-order valence-electron chi connectivity index (χ4n) is 2.47. The Morgan fingerprint density at radius 2 is 2.17 bits per heavy atom. The van der Waals surface area contributed by atoms with Gasteiger partial charge in [-0.25, -0.2) is 14.8 Å². The van der Waals surface area contributed by atoms with Crippen LogP contribution >= 0.6 is 0 Å². The second kappa shape index (κ2) is 7.25. The average Bonchev–Trinajstić information content (AvgIpc) is 2.44. The van der Waals surface area contributed by atoms with E-state index in [1.807, 2.05) is 27.0 Å². The highest BCUT2D eigenvalue weighted by molar-refractivity contribution is 5.67. The fourth-order valence-corrected chi connectivity index (χ4v) is 2.47. The summed E-state index contributed by atoms with van der Waals surface area (Å²) in [7, 11) is 0. The molecule has 0 bridgehead atoms. The van der Waals surface area contributed by atoms with Crippen molar-refractivity contribution >= 4 is 6.09 Å². The number of nitrogens with zero attached hydrogens (tertiary/aromatic N) is 3. The first-order valence-electron chi connectivity index (χ1n) is 8.28. The van der Waals surface area contributed by atoms with Gasteiger partial charge >= 0.3 is 6.09 Å². The van der Waals surface area contributed by atoms with Crippen molar-refractivity contribution in [1.82, 2.24) is 20.2 Å². The van der Waals surface area contributed by atoms with Gasteiger partial charge in [0.25, 0.3) is 0 Å². The van der Waals surface area contributed by atoms with E-state index in [0.29, 0.717) is 12.5 Å². The Hall–Kier alpha value is -1.69. The fraction of sp³-hybridized carbons (Fsp3) is 0.706. The summed E-state index contributed by atoms with van der Waals surface area (Å²) in [6, 6.07) is 0. The maximum Gasteiger partial charge on any atom is 0.407 e. The van der Waals surface area contributed by atoms with Crippen molar-refractivity contribution in [3.63, 3.8) is 0 Å². The summed E-state index contributed by atoms with van der Waals surface area (Å²) in [5.74, 6) is 1.24. The maximum absolute atomic E-state index is 11.6. The number of carbonyl (C=O) groups excluding carboxylic acids is 1. The summed E-state index contributed by atoms with van der Waals surface area (Å²) in [6.45, 7) is 12.9. The van der Waals surface area contributed by atoms with Crippen LogP contribution in [-0.4, -0.2) is 46.2 Å². The summed E-state index contributed by atoms with van der Waals surface area (Å²) < 4.78 is 5.24. The highest BCUT2D eigenvalue weighted by Crippen LogP contribution is 2.18. The van der Waals surface area contributed by atoms with Gasteiger partial charge in [-0.05, 0) is 32.8 Å². The van der Waals surface area contributed by atoms with Crippen molar-refractivity contribution < 1.29 is 9.53 Å². The van der Waals surface area contributed by atoms with E-state index in [2.05, 4.69) is 34.0 Å². The molecule has 1 aliphatic heterocycles. The standard InChI is InChI=1S/C17H28N4O2/c1-12(2)15-19-10-13-6-8-21(11-14(13)20-15)9-7-18-16(22)23-17(3,4)5/h10,12H,6-9,11H2,1-5H3,(H,18,22). The maximum atomic E-state index is 11.6. The first-order valence-corrected chi connectivity index (χ1v) is 8.28. The Balaban J connectivity index is 1.83. The van der Waals surface area contributed by atoms with Crippen molar-refractivity contribution in [2.75, 3.05) is 19.6 Å². The van der Waals surface area contributed by atoms with Crippen molar-refractivity contribution in [3.05, 3.63) is 23.3 Å². The molecule has 6 nitrogen and oxygen atoms in total. The predicted octanol–water partition coefficient (Wildman–Crippen LogP) is 2.48. The molecule has 2 rings (SSSR count). The molecule has 2 heterocycles. The molecule has 0 saturated carbocycles. The molecule has 23 heavy (non-hydrogen) atoms. The van der Waals surface area contributed by atoms with Crippen LogP contribution in [0.5, 0.6) is 0 Å². The topological polar surface area (TPSA) is 67.4 Å². The van der Waals surface area contributed by atoms with E-state index in [9.17, 15) is 4.79 Å². The molecule has 0 spiro atoms. The number of aromatic nitrogens is 2. The number of ether oxygens (including phenoxy) is 1. The van der Waals surface area contributed by atoms with Crippen molar-refractivity contribution in [3.8, 4) is 0 Å². The van der Waals surface area contributed by atoms with E-state index in [4.69, 9.17) is 4.74 Å². The molecule has 0 atom stereocenters. The Bertz CT molecular complexity index is 552. The van der Waals surface area contributed by atoms with Gasteiger partial charge in [-0.15, -0.1) is 0 Å². The van der Waals surface area contributed by atoms with Crippen LogP contribution in [0.25, 0.3) is 0 Å². The molecule has 1 aromatic heterocycles. The molecule has 1 N–H and O–H groups in total. The van der Waals surface area contributed by atoms with Crippen LogP contribution in [0.2, 0.25) is 0 Å². The van der Waals surface area contributed by atoms with E-state index >= 15 is 0 Å². The number of carbonyl (C=O) groups is 1. The van der Waals surface area contributed by atoms with Crippen LogP contribution < -0.4 is 5.32 Å². The SMILES string of the molecule is CC(C)c1ncc2c(n1)CN(CCNC(=O)OC(C)(C)C)CC2. The van der Waals surface area contributed by atoms with Crippen LogP contribution in [-0.2, 0) is 17.7 Å². The van der Waals surface area contributed by atoms with Gasteiger partial charge in [0.2, 0.25) is 0 Å². The normalized spacial score (nSPS) is 15.4. The van der Waals surface area contributed by atoms with Crippen LogP contribution in [0, 0.1) is 0 Å². The quantitative estimate of drug-likeness (QED) is 0.923. The zero-order valence-electron chi connectivity index (χ0n) is 14.8. The number of nitrogens with one attached hydrogen (secondary N) is 1. The molecule has 1 aliphatic rings. The highest BCUT2D eigenvalue weighted by atomic mass is 16.6. The summed E-state index contributed by atoms with van der Waals surface area (Å²) in [5.41, 5.74) is 1.90. The third kappa shape index (κ3) is 5.46. The molecule has 0 unspecified atom stereocenters. The third-order valence-electron chi connectivity index (χ3n) is 3.66. The molecule has 6 heteroatoms. The van der Waals surface area contributed by atoms with Crippen LogP contribution in [0.4, 0.5) is 4.79 Å². The van der Waals surface area contributed by atoms with E-state index < -0.39 is 5.60 Å². The zero-order valence-corrected chi connectivity index (χ0v) is 14.8. The minimum Gasteiger partial charge on any atom is -0.444 e. The molecular weight excluding hydrogens is 292 g/mol. The van der Waals surface area contributed by atoms with Gasteiger partial charge in [-0.2, -0.15) is 0 Å². The smallest absolute Gasteiger partial charge is 0.407 e. The van der Waals surface area contributed by atoms with Gasteiger partial charge in [0.1, 0.15) is 11.4 Å². The largest absolute Gasteiger partial charge is 0.444 e. The van der Waals surface area contributed by atoms with E-state index in [-0.39, 0.29) is 6.09 Å². The monoisotopic (exact) mass is 320 g/mol. The molecule has 128 valence electrons. The van der Waals surface area contributed by atoms with E-state index in [1.165, 1.54) is 5.56 Å². The Morgan fingerprint density at radius 3 is 2.83 bits per heavy atom. The molecular formula is C17H28N4O2. The van der Waals surface area contributed by atoms with Gasteiger partial charge in [0, 0.05) is 38.3 Å². The van der Waals surface area contributed by atoms with Crippen LogP contribution in [0.15, 0.2) is 6.20 Å². The number of fused-ring (bicyclic) bond motifs is 1. The zero-order chi connectivity index (χ0) is 17.0. The van der Waals surface area contributed by atoms with Crippen LogP contribution in [0.1, 0.15) is 57.6 Å². The lowest BCUT2D eigenvalue weighted by Gasteiger charge is -2.28. The second-order valence-corrected chi connectivity index (χ2v) is 7.31. The number of rotatable bonds is 4. The van der Waals surface area contributed by atoms with Crippen molar-refractivity contribution in [1.29, 1.82) is 0 Å². The number of alkyl carbamates (subject to hydrolysis) is 1. The number of hydrogen-bond acceptors (Lipinski definition) is 5. The molecule has 0 radical (unpaired) electrons.